The fourth-order valence-electron chi connectivity index (χ4n) is 1.65. The van der Waals surface area contributed by atoms with Gasteiger partial charge < -0.3 is 14.2 Å². The molecule has 0 atom stereocenters. The number of fused-ring (bicyclic) bond motifs is 1. The minimum absolute atomic E-state index is 0.298. The Labute approximate surface area is 83.6 Å². The highest BCUT2D eigenvalue weighted by molar-refractivity contribution is 5.57. The summed E-state index contributed by atoms with van der Waals surface area (Å²) in [5.41, 5.74) is 1.20. The maximum Gasteiger partial charge on any atom is 0.231 e. The molecule has 0 aliphatic carbocycles. The van der Waals surface area contributed by atoms with Crippen molar-refractivity contribution >= 4 is 0 Å². The van der Waals surface area contributed by atoms with Crippen molar-refractivity contribution in [3.05, 3.63) is 17.7 Å². The van der Waals surface area contributed by atoms with E-state index in [1.165, 1.54) is 5.56 Å². The molecule has 0 aromatic heterocycles. The topological polar surface area (TPSA) is 27.7 Å². The third-order valence-electron chi connectivity index (χ3n) is 2.30. The standard InChI is InChI=1S/C11H14O3/c1-3-4-8-5-6-9(12-2)11-10(8)13-7-14-11/h5-6H,3-4,7H2,1-2H3. The van der Waals surface area contributed by atoms with Gasteiger partial charge in [-0.25, -0.2) is 0 Å². The molecule has 0 amide bonds. The SMILES string of the molecule is CCCc1ccc(OC)c2c1OCO2. The van der Waals surface area contributed by atoms with Gasteiger partial charge in [-0.2, -0.15) is 0 Å². The summed E-state index contributed by atoms with van der Waals surface area (Å²) in [6, 6.07) is 3.97. The molecule has 76 valence electrons. The van der Waals surface area contributed by atoms with Crippen LogP contribution in [0.15, 0.2) is 12.1 Å². The zero-order valence-corrected chi connectivity index (χ0v) is 8.50. The lowest BCUT2D eigenvalue weighted by atomic mass is 10.1. The van der Waals surface area contributed by atoms with Gasteiger partial charge in [-0.3, -0.25) is 0 Å². The molecule has 0 fully saturated rings. The summed E-state index contributed by atoms with van der Waals surface area (Å²) < 4.78 is 16.0. The third-order valence-corrected chi connectivity index (χ3v) is 2.30. The molecular formula is C11H14O3. The zero-order valence-electron chi connectivity index (χ0n) is 8.50. The summed E-state index contributed by atoms with van der Waals surface area (Å²) in [6.45, 7) is 2.44. The van der Waals surface area contributed by atoms with Gasteiger partial charge in [0, 0.05) is 0 Å². The second-order valence-corrected chi connectivity index (χ2v) is 3.24. The quantitative estimate of drug-likeness (QED) is 0.739. The summed E-state index contributed by atoms with van der Waals surface area (Å²) >= 11 is 0. The molecule has 0 spiro atoms. The van der Waals surface area contributed by atoms with Crippen molar-refractivity contribution in [2.45, 2.75) is 19.8 Å². The lowest BCUT2D eigenvalue weighted by Gasteiger charge is -2.07. The number of benzene rings is 1. The molecule has 3 nitrogen and oxygen atoms in total. The van der Waals surface area contributed by atoms with E-state index in [-0.39, 0.29) is 0 Å². The molecule has 3 heteroatoms. The van der Waals surface area contributed by atoms with Gasteiger partial charge in [0.2, 0.25) is 12.5 Å². The van der Waals surface area contributed by atoms with Gasteiger partial charge in [0.25, 0.3) is 0 Å². The number of aryl methyl sites for hydroxylation is 1. The summed E-state index contributed by atoms with van der Waals surface area (Å²) in [7, 11) is 1.64. The Morgan fingerprint density at radius 3 is 2.79 bits per heavy atom. The molecular weight excluding hydrogens is 180 g/mol. The average Bonchev–Trinajstić information content (AvgIpc) is 2.67. The van der Waals surface area contributed by atoms with E-state index in [1.54, 1.807) is 7.11 Å². The predicted octanol–water partition coefficient (Wildman–Crippen LogP) is 2.38. The van der Waals surface area contributed by atoms with Crippen molar-refractivity contribution in [1.82, 2.24) is 0 Å². The number of rotatable bonds is 3. The van der Waals surface area contributed by atoms with E-state index >= 15 is 0 Å². The molecule has 0 unspecified atom stereocenters. The van der Waals surface area contributed by atoms with Crippen molar-refractivity contribution in [3.8, 4) is 17.2 Å². The fraction of sp³-hybridized carbons (Fsp3) is 0.455. The van der Waals surface area contributed by atoms with Crippen LogP contribution in [-0.2, 0) is 6.42 Å². The van der Waals surface area contributed by atoms with Gasteiger partial charge >= 0.3 is 0 Å². The van der Waals surface area contributed by atoms with E-state index in [1.807, 2.05) is 12.1 Å². The number of hydrogen-bond donors (Lipinski definition) is 0. The Hall–Kier alpha value is -1.38. The molecule has 2 rings (SSSR count). The van der Waals surface area contributed by atoms with Crippen LogP contribution in [0.4, 0.5) is 0 Å². The first-order valence-electron chi connectivity index (χ1n) is 4.82. The molecule has 1 aliphatic rings. The van der Waals surface area contributed by atoms with Crippen LogP contribution in [-0.4, -0.2) is 13.9 Å². The van der Waals surface area contributed by atoms with Crippen LogP contribution in [0.2, 0.25) is 0 Å². The van der Waals surface area contributed by atoms with Crippen LogP contribution >= 0.6 is 0 Å². The molecule has 0 radical (unpaired) electrons. The lowest BCUT2D eigenvalue weighted by molar-refractivity contribution is 0.170. The van der Waals surface area contributed by atoms with E-state index in [0.29, 0.717) is 6.79 Å². The van der Waals surface area contributed by atoms with E-state index in [2.05, 4.69) is 6.92 Å². The highest BCUT2D eigenvalue weighted by Crippen LogP contribution is 2.43. The van der Waals surface area contributed by atoms with Crippen molar-refractivity contribution in [2.75, 3.05) is 13.9 Å². The molecule has 0 bridgehead atoms. The number of ether oxygens (including phenoxy) is 3. The van der Waals surface area contributed by atoms with Gasteiger partial charge in [-0.1, -0.05) is 19.4 Å². The Kier molecular flexibility index (Phi) is 2.48. The largest absolute Gasteiger partial charge is 0.493 e. The van der Waals surface area contributed by atoms with Crippen LogP contribution in [0.25, 0.3) is 0 Å². The molecule has 1 aromatic carbocycles. The Balaban J connectivity index is 2.42. The summed E-state index contributed by atoms with van der Waals surface area (Å²) in [6.07, 6.45) is 2.11. The van der Waals surface area contributed by atoms with E-state index in [0.717, 1.165) is 30.1 Å². The molecule has 1 heterocycles. The smallest absolute Gasteiger partial charge is 0.231 e. The highest BCUT2D eigenvalue weighted by Gasteiger charge is 2.21. The predicted molar refractivity (Wildman–Crippen MR) is 53.1 cm³/mol. The second kappa shape index (κ2) is 3.78. The van der Waals surface area contributed by atoms with Gasteiger partial charge in [0.05, 0.1) is 7.11 Å². The highest BCUT2D eigenvalue weighted by atomic mass is 16.7. The summed E-state index contributed by atoms with van der Waals surface area (Å²) in [5.74, 6) is 2.35. The van der Waals surface area contributed by atoms with Crippen molar-refractivity contribution in [2.24, 2.45) is 0 Å². The molecule has 0 saturated carbocycles. The van der Waals surface area contributed by atoms with Gasteiger partial charge in [-0.05, 0) is 18.1 Å². The minimum Gasteiger partial charge on any atom is -0.493 e. The van der Waals surface area contributed by atoms with E-state index in [9.17, 15) is 0 Å². The maximum absolute atomic E-state index is 5.42. The van der Waals surface area contributed by atoms with Gasteiger partial charge in [-0.15, -0.1) is 0 Å². The lowest BCUT2D eigenvalue weighted by Crippen LogP contribution is -1.94. The van der Waals surface area contributed by atoms with Crippen molar-refractivity contribution in [3.63, 3.8) is 0 Å². The van der Waals surface area contributed by atoms with Crippen LogP contribution in [0, 0.1) is 0 Å². The second-order valence-electron chi connectivity index (χ2n) is 3.24. The number of methoxy groups -OCH3 is 1. The molecule has 14 heavy (non-hydrogen) atoms. The average molecular weight is 194 g/mol. The van der Waals surface area contributed by atoms with E-state index in [4.69, 9.17) is 14.2 Å². The first-order valence-corrected chi connectivity index (χ1v) is 4.82. The first kappa shape index (κ1) is 9.19. The van der Waals surface area contributed by atoms with Crippen LogP contribution < -0.4 is 14.2 Å². The van der Waals surface area contributed by atoms with Crippen molar-refractivity contribution in [1.29, 1.82) is 0 Å². The van der Waals surface area contributed by atoms with Gasteiger partial charge in [0.15, 0.2) is 11.5 Å². The zero-order chi connectivity index (χ0) is 9.97. The van der Waals surface area contributed by atoms with E-state index < -0.39 is 0 Å². The fourth-order valence-corrected chi connectivity index (χ4v) is 1.65. The first-order chi connectivity index (χ1) is 6.86. The summed E-state index contributed by atoms with van der Waals surface area (Å²) in [5, 5.41) is 0. The van der Waals surface area contributed by atoms with Crippen LogP contribution in [0.1, 0.15) is 18.9 Å². The molecule has 1 aliphatic heterocycles. The van der Waals surface area contributed by atoms with Crippen LogP contribution in [0.5, 0.6) is 17.2 Å². The van der Waals surface area contributed by atoms with Crippen LogP contribution in [0.3, 0.4) is 0 Å². The molecule has 0 saturated heterocycles. The normalized spacial score (nSPS) is 13.0. The van der Waals surface area contributed by atoms with Crippen molar-refractivity contribution < 1.29 is 14.2 Å². The Morgan fingerprint density at radius 1 is 1.29 bits per heavy atom. The molecule has 1 aromatic rings. The Bertz CT molecular complexity index is 334. The maximum atomic E-state index is 5.42. The molecule has 0 N–H and O–H groups in total. The van der Waals surface area contributed by atoms with Gasteiger partial charge in [0.1, 0.15) is 0 Å². The minimum atomic E-state index is 0.298. The number of hydrogen-bond acceptors (Lipinski definition) is 3. The monoisotopic (exact) mass is 194 g/mol. The summed E-state index contributed by atoms with van der Waals surface area (Å²) in [4.78, 5) is 0. The Morgan fingerprint density at radius 2 is 2.07 bits per heavy atom. The third kappa shape index (κ3) is 1.39.